The standard InChI is InChI=1S/C11H13Cl2N3O4/c1-11(2,3)20-10(18)16-8-5(9(17)19-4)14-6(12)7(13)15-8/h1-4H3,(H,15,16,18). The Morgan fingerprint density at radius 3 is 2.20 bits per heavy atom. The second-order valence-electron chi connectivity index (χ2n) is 4.62. The molecule has 0 unspecified atom stereocenters. The molecule has 1 N–H and O–H groups in total. The minimum Gasteiger partial charge on any atom is -0.464 e. The Bertz CT molecular complexity index is 543. The van der Waals surface area contributed by atoms with Gasteiger partial charge in [-0.05, 0) is 20.8 Å². The third-order valence-corrected chi connectivity index (χ3v) is 2.44. The molecule has 1 aromatic rings. The first kappa shape index (κ1) is 16.5. The lowest BCUT2D eigenvalue weighted by Crippen LogP contribution is -2.28. The molecule has 0 spiro atoms. The summed E-state index contributed by atoms with van der Waals surface area (Å²) in [5, 5.41) is 1.93. The largest absolute Gasteiger partial charge is 0.464 e. The molecule has 0 saturated heterocycles. The molecule has 1 aromatic heterocycles. The number of halogens is 2. The summed E-state index contributed by atoms with van der Waals surface area (Å²) >= 11 is 11.4. The van der Waals surface area contributed by atoms with E-state index < -0.39 is 17.7 Å². The van der Waals surface area contributed by atoms with Crippen molar-refractivity contribution in [2.24, 2.45) is 0 Å². The molecule has 1 heterocycles. The van der Waals surface area contributed by atoms with Gasteiger partial charge < -0.3 is 9.47 Å². The van der Waals surface area contributed by atoms with E-state index >= 15 is 0 Å². The van der Waals surface area contributed by atoms with Gasteiger partial charge in [-0.2, -0.15) is 0 Å². The van der Waals surface area contributed by atoms with Gasteiger partial charge in [0.15, 0.2) is 21.8 Å². The summed E-state index contributed by atoms with van der Waals surface area (Å²) in [5.74, 6) is -1.01. The van der Waals surface area contributed by atoms with Gasteiger partial charge in [0.25, 0.3) is 0 Å². The predicted molar refractivity (Wildman–Crippen MR) is 73.2 cm³/mol. The second kappa shape index (κ2) is 6.23. The van der Waals surface area contributed by atoms with Crippen molar-refractivity contribution >= 4 is 41.1 Å². The van der Waals surface area contributed by atoms with Crippen LogP contribution in [0.5, 0.6) is 0 Å². The number of carbonyl (C=O) groups excluding carboxylic acids is 2. The van der Waals surface area contributed by atoms with E-state index in [1.807, 2.05) is 0 Å². The molecule has 0 atom stereocenters. The van der Waals surface area contributed by atoms with Crippen molar-refractivity contribution in [3.05, 3.63) is 16.0 Å². The Morgan fingerprint density at radius 2 is 1.70 bits per heavy atom. The number of nitrogens with zero attached hydrogens (tertiary/aromatic N) is 2. The number of methoxy groups -OCH3 is 1. The zero-order valence-electron chi connectivity index (χ0n) is 11.3. The Kier molecular flexibility index (Phi) is 5.13. The molecule has 0 fully saturated rings. The number of aromatic nitrogens is 2. The number of nitrogens with one attached hydrogen (secondary N) is 1. The maximum absolute atomic E-state index is 11.7. The number of rotatable bonds is 2. The summed E-state index contributed by atoms with van der Waals surface area (Å²) < 4.78 is 9.55. The molecule has 1 rings (SSSR count). The van der Waals surface area contributed by atoms with Crippen LogP contribution in [-0.2, 0) is 9.47 Å². The molecule has 0 aliphatic heterocycles. The summed E-state index contributed by atoms with van der Waals surface area (Å²) in [7, 11) is 1.16. The van der Waals surface area contributed by atoms with Crippen molar-refractivity contribution in [1.82, 2.24) is 9.97 Å². The van der Waals surface area contributed by atoms with E-state index in [0.29, 0.717) is 0 Å². The van der Waals surface area contributed by atoms with Gasteiger partial charge in [0, 0.05) is 0 Å². The Morgan fingerprint density at radius 1 is 1.15 bits per heavy atom. The fourth-order valence-electron chi connectivity index (χ4n) is 1.12. The SMILES string of the molecule is COC(=O)c1nc(Cl)c(Cl)nc1NC(=O)OC(C)(C)C. The van der Waals surface area contributed by atoms with Crippen LogP contribution in [0.1, 0.15) is 31.3 Å². The van der Waals surface area contributed by atoms with E-state index in [-0.39, 0.29) is 21.8 Å². The smallest absolute Gasteiger partial charge is 0.413 e. The van der Waals surface area contributed by atoms with Gasteiger partial charge in [-0.1, -0.05) is 23.2 Å². The minimum absolute atomic E-state index is 0.162. The third-order valence-electron chi connectivity index (χ3n) is 1.81. The van der Waals surface area contributed by atoms with Gasteiger partial charge in [-0.15, -0.1) is 0 Å². The molecule has 7 nitrogen and oxygen atoms in total. The van der Waals surface area contributed by atoms with E-state index in [1.165, 1.54) is 0 Å². The van der Waals surface area contributed by atoms with Gasteiger partial charge in [-0.3, -0.25) is 5.32 Å². The number of hydrogen-bond acceptors (Lipinski definition) is 6. The quantitative estimate of drug-likeness (QED) is 0.842. The van der Waals surface area contributed by atoms with Crippen LogP contribution in [0.3, 0.4) is 0 Å². The molecular weight excluding hydrogens is 309 g/mol. The van der Waals surface area contributed by atoms with Crippen LogP contribution < -0.4 is 5.32 Å². The fraction of sp³-hybridized carbons (Fsp3) is 0.455. The van der Waals surface area contributed by atoms with Gasteiger partial charge in [0.1, 0.15) is 5.60 Å². The predicted octanol–water partition coefficient (Wildman–Crippen LogP) is 2.92. The molecule has 0 aromatic carbocycles. The molecule has 0 saturated carbocycles. The first-order valence-corrected chi connectivity index (χ1v) is 6.21. The molecule has 0 radical (unpaired) electrons. The van der Waals surface area contributed by atoms with Crippen LogP contribution >= 0.6 is 23.2 Å². The Labute approximate surface area is 125 Å². The maximum Gasteiger partial charge on any atom is 0.413 e. The summed E-state index contributed by atoms with van der Waals surface area (Å²) in [6, 6.07) is 0. The molecule has 110 valence electrons. The van der Waals surface area contributed by atoms with Crippen LogP contribution in [-0.4, -0.2) is 34.7 Å². The van der Waals surface area contributed by atoms with Crippen molar-refractivity contribution in [2.45, 2.75) is 26.4 Å². The lowest BCUT2D eigenvalue weighted by Gasteiger charge is -2.19. The molecule has 9 heteroatoms. The Hall–Kier alpha value is -1.60. The highest BCUT2D eigenvalue weighted by Crippen LogP contribution is 2.23. The zero-order chi connectivity index (χ0) is 15.5. The first-order valence-electron chi connectivity index (χ1n) is 5.45. The van der Waals surface area contributed by atoms with E-state index in [2.05, 4.69) is 20.0 Å². The third kappa shape index (κ3) is 4.50. The van der Waals surface area contributed by atoms with Crippen LogP contribution in [0, 0.1) is 0 Å². The molecule has 0 aliphatic carbocycles. The van der Waals surface area contributed by atoms with Gasteiger partial charge in [-0.25, -0.2) is 19.6 Å². The normalized spacial score (nSPS) is 10.9. The summed E-state index contributed by atoms with van der Waals surface area (Å²) in [6.07, 6.45) is -0.810. The average Bonchev–Trinajstić information content (AvgIpc) is 2.30. The summed E-state index contributed by atoms with van der Waals surface area (Å²) in [6.45, 7) is 5.07. The molecule has 20 heavy (non-hydrogen) atoms. The average molecular weight is 322 g/mol. The summed E-state index contributed by atoms with van der Waals surface area (Å²) in [5.41, 5.74) is -0.980. The lowest BCUT2D eigenvalue weighted by atomic mass is 10.2. The number of anilines is 1. The van der Waals surface area contributed by atoms with Crippen LogP contribution in [0.25, 0.3) is 0 Å². The van der Waals surface area contributed by atoms with Crippen molar-refractivity contribution in [3.63, 3.8) is 0 Å². The second-order valence-corrected chi connectivity index (χ2v) is 5.34. The van der Waals surface area contributed by atoms with E-state index in [1.54, 1.807) is 20.8 Å². The lowest BCUT2D eigenvalue weighted by molar-refractivity contribution is 0.0594. The van der Waals surface area contributed by atoms with E-state index in [0.717, 1.165) is 7.11 Å². The number of ether oxygens (including phenoxy) is 2. The topological polar surface area (TPSA) is 90.4 Å². The van der Waals surface area contributed by atoms with Crippen LogP contribution in [0.4, 0.5) is 10.6 Å². The zero-order valence-corrected chi connectivity index (χ0v) is 12.8. The number of hydrogen-bond donors (Lipinski definition) is 1. The van der Waals surface area contributed by atoms with E-state index in [9.17, 15) is 9.59 Å². The maximum atomic E-state index is 11.7. The minimum atomic E-state index is -0.817. The van der Waals surface area contributed by atoms with Crippen molar-refractivity contribution in [1.29, 1.82) is 0 Å². The van der Waals surface area contributed by atoms with Gasteiger partial charge in [0.2, 0.25) is 0 Å². The van der Waals surface area contributed by atoms with E-state index in [4.69, 9.17) is 27.9 Å². The van der Waals surface area contributed by atoms with Gasteiger partial charge in [0.05, 0.1) is 7.11 Å². The number of esters is 1. The van der Waals surface area contributed by atoms with Crippen LogP contribution in [0.2, 0.25) is 10.3 Å². The van der Waals surface area contributed by atoms with Crippen molar-refractivity contribution in [2.75, 3.05) is 12.4 Å². The van der Waals surface area contributed by atoms with Crippen molar-refractivity contribution < 1.29 is 19.1 Å². The fourth-order valence-corrected chi connectivity index (χ4v) is 1.37. The molecule has 1 amide bonds. The molecular formula is C11H13Cl2N3O4. The highest BCUT2D eigenvalue weighted by Gasteiger charge is 2.23. The first-order chi connectivity index (χ1) is 9.14. The summed E-state index contributed by atoms with van der Waals surface area (Å²) in [4.78, 5) is 30.7. The number of amides is 1. The van der Waals surface area contributed by atoms with Gasteiger partial charge >= 0.3 is 12.1 Å². The highest BCUT2D eigenvalue weighted by atomic mass is 35.5. The molecule has 0 bridgehead atoms. The monoisotopic (exact) mass is 321 g/mol. The highest BCUT2D eigenvalue weighted by molar-refractivity contribution is 6.40. The van der Waals surface area contributed by atoms with Crippen molar-refractivity contribution in [3.8, 4) is 0 Å². The molecule has 0 aliphatic rings. The van der Waals surface area contributed by atoms with Crippen LogP contribution in [0.15, 0.2) is 0 Å². The number of carbonyl (C=O) groups is 2. The Balaban J connectivity index is 3.07.